The van der Waals surface area contributed by atoms with Crippen LogP contribution < -0.4 is 0 Å². The maximum atomic E-state index is 5.49. The van der Waals surface area contributed by atoms with Crippen molar-refractivity contribution < 1.29 is 9.47 Å². The van der Waals surface area contributed by atoms with E-state index in [-0.39, 0.29) is 0 Å². The lowest BCUT2D eigenvalue weighted by Crippen LogP contribution is -2.21. The Balaban J connectivity index is 1.79. The van der Waals surface area contributed by atoms with E-state index < -0.39 is 0 Å². The Kier molecular flexibility index (Phi) is 5.17. The highest BCUT2D eigenvalue weighted by Gasteiger charge is 2.29. The standard InChI is InChI=1S/C15H23NO2/c1-13-8-16(9-14-6-4-3-5-7-14)10-15(13)11-18-12-17-2/h3-7,13,15H,8-12H2,1-2H3/t13-,15?/m1/s1. The van der Waals surface area contributed by atoms with Gasteiger partial charge in [0.25, 0.3) is 0 Å². The molecular formula is C15H23NO2. The lowest BCUT2D eigenvalue weighted by molar-refractivity contribution is -0.0455. The van der Waals surface area contributed by atoms with Gasteiger partial charge in [-0.1, -0.05) is 37.3 Å². The Hall–Kier alpha value is -0.900. The third-order valence-electron chi connectivity index (χ3n) is 3.63. The van der Waals surface area contributed by atoms with Crippen LogP contribution in [0.5, 0.6) is 0 Å². The van der Waals surface area contributed by atoms with Crippen LogP contribution in [0.25, 0.3) is 0 Å². The summed E-state index contributed by atoms with van der Waals surface area (Å²) in [7, 11) is 1.67. The summed E-state index contributed by atoms with van der Waals surface area (Å²) in [6.07, 6.45) is 0. The molecule has 2 atom stereocenters. The van der Waals surface area contributed by atoms with Gasteiger partial charge in [0.05, 0.1) is 6.61 Å². The molecule has 0 N–H and O–H groups in total. The molecule has 0 spiro atoms. The maximum Gasteiger partial charge on any atom is 0.146 e. The second-order valence-corrected chi connectivity index (χ2v) is 5.19. The number of benzene rings is 1. The van der Waals surface area contributed by atoms with Crippen molar-refractivity contribution in [2.24, 2.45) is 11.8 Å². The van der Waals surface area contributed by atoms with Crippen molar-refractivity contribution in [3.63, 3.8) is 0 Å². The highest BCUT2D eigenvalue weighted by atomic mass is 16.7. The summed E-state index contributed by atoms with van der Waals surface area (Å²) in [4.78, 5) is 2.51. The monoisotopic (exact) mass is 249 g/mol. The van der Waals surface area contributed by atoms with Crippen LogP contribution in [0.15, 0.2) is 30.3 Å². The van der Waals surface area contributed by atoms with E-state index in [0.717, 1.165) is 26.2 Å². The van der Waals surface area contributed by atoms with Gasteiger partial charge in [0.1, 0.15) is 6.79 Å². The van der Waals surface area contributed by atoms with E-state index in [1.54, 1.807) is 7.11 Å². The minimum Gasteiger partial charge on any atom is -0.359 e. The lowest BCUT2D eigenvalue weighted by Gasteiger charge is -2.16. The molecule has 1 aliphatic heterocycles. The molecule has 0 saturated carbocycles. The summed E-state index contributed by atoms with van der Waals surface area (Å²) in [6, 6.07) is 10.7. The Bertz CT molecular complexity index is 342. The van der Waals surface area contributed by atoms with E-state index >= 15 is 0 Å². The highest BCUT2D eigenvalue weighted by molar-refractivity contribution is 5.14. The molecule has 1 aromatic carbocycles. The second-order valence-electron chi connectivity index (χ2n) is 5.19. The van der Waals surface area contributed by atoms with E-state index in [9.17, 15) is 0 Å². The topological polar surface area (TPSA) is 21.7 Å². The predicted molar refractivity (Wildman–Crippen MR) is 72.2 cm³/mol. The first kappa shape index (κ1) is 13.5. The van der Waals surface area contributed by atoms with Gasteiger partial charge >= 0.3 is 0 Å². The van der Waals surface area contributed by atoms with Crippen LogP contribution in [0.4, 0.5) is 0 Å². The van der Waals surface area contributed by atoms with Crippen LogP contribution in [-0.2, 0) is 16.0 Å². The van der Waals surface area contributed by atoms with Crippen LogP contribution in [0.2, 0.25) is 0 Å². The fourth-order valence-electron chi connectivity index (χ4n) is 2.61. The van der Waals surface area contributed by atoms with Crippen molar-refractivity contribution in [1.29, 1.82) is 0 Å². The maximum absolute atomic E-state index is 5.49. The van der Waals surface area contributed by atoms with E-state index in [1.807, 2.05) is 0 Å². The minimum atomic E-state index is 0.405. The highest BCUT2D eigenvalue weighted by Crippen LogP contribution is 2.24. The van der Waals surface area contributed by atoms with Crippen molar-refractivity contribution in [2.75, 3.05) is 33.6 Å². The summed E-state index contributed by atoms with van der Waals surface area (Å²) in [5.74, 6) is 1.33. The Morgan fingerprint density at radius 2 is 2.00 bits per heavy atom. The van der Waals surface area contributed by atoms with Crippen LogP contribution in [0, 0.1) is 11.8 Å². The molecule has 0 radical (unpaired) electrons. The summed E-state index contributed by atoms with van der Waals surface area (Å²) in [5, 5.41) is 0. The van der Waals surface area contributed by atoms with Crippen LogP contribution in [-0.4, -0.2) is 38.5 Å². The molecule has 1 heterocycles. The first-order valence-corrected chi connectivity index (χ1v) is 6.62. The van der Waals surface area contributed by atoms with Crippen molar-refractivity contribution >= 4 is 0 Å². The van der Waals surface area contributed by atoms with Crippen LogP contribution in [0.1, 0.15) is 12.5 Å². The van der Waals surface area contributed by atoms with Gasteiger partial charge in [-0.15, -0.1) is 0 Å². The number of rotatable bonds is 6. The fourth-order valence-corrected chi connectivity index (χ4v) is 2.61. The van der Waals surface area contributed by atoms with Gasteiger partial charge in [-0.25, -0.2) is 0 Å². The molecule has 0 aliphatic carbocycles. The number of ether oxygens (including phenoxy) is 2. The molecular weight excluding hydrogens is 226 g/mol. The number of methoxy groups -OCH3 is 1. The van der Waals surface area contributed by atoms with Crippen LogP contribution in [0.3, 0.4) is 0 Å². The van der Waals surface area contributed by atoms with Gasteiger partial charge in [0, 0.05) is 26.7 Å². The zero-order valence-electron chi connectivity index (χ0n) is 11.3. The number of nitrogens with zero attached hydrogens (tertiary/aromatic N) is 1. The summed E-state index contributed by atoms with van der Waals surface area (Å²) < 4.78 is 10.4. The van der Waals surface area contributed by atoms with Gasteiger partial charge in [-0.3, -0.25) is 4.90 Å². The molecule has 3 nitrogen and oxygen atoms in total. The molecule has 0 aromatic heterocycles. The predicted octanol–water partition coefficient (Wildman–Crippen LogP) is 2.38. The molecule has 1 saturated heterocycles. The van der Waals surface area contributed by atoms with E-state index in [1.165, 1.54) is 5.56 Å². The van der Waals surface area contributed by atoms with Crippen molar-refractivity contribution in [3.8, 4) is 0 Å². The quantitative estimate of drug-likeness (QED) is 0.571. The SMILES string of the molecule is COCOCC1CN(Cc2ccccc2)C[C@H]1C. The largest absolute Gasteiger partial charge is 0.359 e. The molecule has 100 valence electrons. The molecule has 1 aliphatic rings. The van der Waals surface area contributed by atoms with E-state index in [4.69, 9.17) is 9.47 Å². The smallest absolute Gasteiger partial charge is 0.146 e. The van der Waals surface area contributed by atoms with E-state index in [0.29, 0.717) is 18.6 Å². The Morgan fingerprint density at radius 1 is 1.22 bits per heavy atom. The summed E-state index contributed by atoms with van der Waals surface area (Å²) in [5.41, 5.74) is 1.39. The van der Waals surface area contributed by atoms with Crippen molar-refractivity contribution in [1.82, 2.24) is 4.90 Å². The zero-order valence-corrected chi connectivity index (χ0v) is 11.3. The van der Waals surface area contributed by atoms with Gasteiger partial charge in [-0.05, 0) is 17.4 Å². The molecule has 1 fully saturated rings. The Labute approximate surface area is 110 Å². The molecule has 1 unspecified atom stereocenters. The first-order valence-electron chi connectivity index (χ1n) is 6.62. The lowest BCUT2D eigenvalue weighted by atomic mass is 10.00. The van der Waals surface area contributed by atoms with E-state index in [2.05, 4.69) is 42.2 Å². The fraction of sp³-hybridized carbons (Fsp3) is 0.600. The van der Waals surface area contributed by atoms with Gasteiger partial charge in [-0.2, -0.15) is 0 Å². The second kappa shape index (κ2) is 6.88. The summed E-state index contributed by atoms with van der Waals surface area (Å²) in [6.45, 7) is 6.86. The molecule has 2 rings (SSSR count). The average molecular weight is 249 g/mol. The van der Waals surface area contributed by atoms with Gasteiger partial charge < -0.3 is 9.47 Å². The third-order valence-corrected chi connectivity index (χ3v) is 3.63. The average Bonchev–Trinajstić information content (AvgIpc) is 2.71. The normalized spacial score (nSPS) is 24.6. The summed E-state index contributed by atoms with van der Waals surface area (Å²) >= 11 is 0. The third kappa shape index (κ3) is 3.80. The molecule has 18 heavy (non-hydrogen) atoms. The number of likely N-dealkylation sites (tertiary alicyclic amines) is 1. The minimum absolute atomic E-state index is 0.405. The number of hydrogen-bond acceptors (Lipinski definition) is 3. The van der Waals surface area contributed by atoms with Crippen LogP contribution >= 0.6 is 0 Å². The molecule has 1 aromatic rings. The van der Waals surface area contributed by atoms with Crippen molar-refractivity contribution in [2.45, 2.75) is 13.5 Å². The number of hydrogen-bond donors (Lipinski definition) is 0. The van der Waals surface area contributed by atoms with Crippen molar-refractivity contribution in [3.05, 3.63) is 35.9 Å². The molecule has 0 bridgehead atoms. The zero-order chi connectivity index (χ0) is 12.8. The Morgan fingerprint density at radius 3 is 2.72 bits per heavy atom. The van der Waals surface area contributed by atoms with Gasteiger partial charge in [0.2, 0.25) is 0 Å². The first-order chi connectivity index (χ1) is 8.79. The molecule has 0 amide bonds. The molecule has 3 heteroatoms. The van der Waals surface area contributed by atoms with Gasteiger partial charge in [0.15, 0.2) is 0 Å².